The molecule has 0 saturated carbocycles. The summed E-state index contributed by atoms with van der Waals surface area (Å²) in [4.78, 5) is 8.29. The van der Waals surface area contributed by atoms with Gasteiger partial charge < -0.3 is 30.2 Å². The van der Waals surface area contributed by atoms with Crippen molar-refractivity contribution in [1.29, 1.82) is 5.26 Å². The predicted molar refractivity (Wildman–Crippen MR) is 433 cm³/mol. The smallest absolute Gasteiger partial charge is 0.218 e. The molecule has 3 N–H and O–H groups in total. The summed E-state index contributed by atoms with van der Waals surface area (Å²) in [6.07, 6.45) is 0.734. The number of aryl methyl sites for hydroxylation is 6. The van der Waals surface area contributed by atoms with Gasteiger partial charge in [-0.3, -0.25) is 4.90 Å². The summed E-state index contributed by atoms with van der Waals surface area (Å²) in [6.45, 7) is 41.1. The zero-order chi connectivity index (χ0) is 82.0. The van der Waals surface area contributed by atoms with E-state index in [1.54, 1.807) is 114 Å². The Bertz CT molecular complexity index is 4810. The number of nitriles is 1. The van der Waals surface area contributed by atoms with E-state index in [0.717, 1.165) is 33.4 Å². The van der Waals surface area contributed by atoms with Crippen LogP contribution in [0.3, 0.4) is 0 Å². The van der Waals surface area contributed by atoms with Gasteiger partial charge >= 0.3 is 0 Å². The van der Waals surface area contributed by atoms with Gasteiger partial charge in [-0.2, -0.15) is 5.26 Å². The first-order valence-electron chi connectivity index (χ1n) is 36.7. The number of hydrogen-bond acceptors (Lipinski definition) is 20. The number of rotatable bonds is 33. The molecule has 596 valence electrons. The fourth-order valence-electron chi connectivity index (χ4n) is 13.9. The van der Waals surface area contributed by atoms with Crippen LogP contribution in [-0.4, -0.2) is 134 Å². The molecule has 28 heteroatoms. The molecule has 3 aliphatic rings. The SMILES string of the molecule is [C-]#[N+]C1=C(NCCOCCN(CCOCCNC2=C(C#N)C(=C(S(=O)(=O)c3ccc(C)cc3)S(=O)(=O)c3ccc(C)cc3)CC(C)(C)C2)CCOCCNC2=C([N+]#[C-])C(=C(S(=O)(=O)c3ccc(C)cc3)S(=O)(=O)c3ccc(C)cc3)CC(C)(C)C2)CC(C)(C)CC1=C(S(=O)(=O)c1ccc(C)cc1)S(=O)(=O)c1ccc(C)cc1. The minimum Gasteiger partial charge on any atom is -0.395 e. The van der Waals surface area contributed by atoms with Crippen LogP contribution in [0.2, 0.25) is 0 Å². The third-order valence-electron chi connectivity index (χ3n) is 19.6. The average molecular weight is 1640 g/mol. The molecule has 0 spiro atoms. The molecule has 0 fully saturated rings. The number of hydrogen-bond donors (Lipinski definition) is 3. The number of allylic oxidation sites excluding steroid dienone is 7. The molecule has 3 aliphatic carbocycles. The van der Waals surface area contributed by atoms with Crippen molar-refractivity contribution in [2.75, 3.05) is 78.9 Å². The zero-order valence-corrected chi connectivity index (χ0v) is 70.3. The van der Waals surface area contributed by atoms with E-state index in [4.69, 9.17) is 27.4 Å². The third-order valence-corrected chi connectivity index (χ3v) is 33.3. The molecule has 6 aromatic rings. The van der Waals surface area contributed by atoms with Gasteiger partial charge in [-0.25, -0.2) is 60.2 Å². The number of ether oxygens (including phenoxy) is 3. The van der Waals surface area contributed by atoms with Crippen LogP contribution in [0.5, 0.6) is 0 Å². The normalized spacial score (nSPS) is 16.2. The fourth-order valence-corrected chi connectivity index (χ4v) is 26.3. The predicted octanol–water partition coefficient (Wildman–Crippen LogP) is 13.9. The Hall–Kier alpha value is -8.83. The lowest BCUT2D eigenvalue weighted by atomic mass is 9.74. The van der Waals surface area contributed by atoms with Crippen LogP contribution in [0.25, 0.3) is 9.69 Å². The van der Waals surface area contributed by atoms with Crippen LogP contribution in [0, 0.1) is 82.3 Å². The minimum absolute atomic E-state index is 0.0364. The van der Waals surface area contributed by atoms with Crippen molar-refractivity contribution in [2.24, 2.45) is 16.2 Å². The topological polar surface area (TPSA) is 304 Å². The van der Waals surface area contributed by atoms with Gasteiger partial charge in [0.1, 0.15) is 6.07 Å². The molecule has 0 radical (unpaired) electrons. The zero-order valence-electron chi connectivity index (χ0n) is 65.4. The molecule has 0 atom stereocenters. The lowest BCUT2D eigenvalue weighted by Crippen LogP contribution is -2.36. The Balaban J connectivity index is 0.939. The van der Waals surface area contributed by atoms with Crippen molar-refractivity contribution in [1.82, 2.24) is 20.9 Å². The van der Waals surface area contributed by atoms with E-state index in [0.29, 0.717) is 36.7 Å². The standard InChI is InChI=1S/C84H99N7O15S6/c1-58-15-27-64(28-16-58)107(92,93)79(108(94,95)65-29-17-59(2)18-30-65)70-51-82(7,8)54-74(73(70)57-85)88-39-45-104-48-42-91(43-49-105-46-40-89-75-55-83(9,10)52-71(77(75)86-13)80(109(96,97)66-31-19-60(3)20-32-66)110(98,99)67-33-21-61(4)22-34-67)44-50-106-47-41-90-76-56-84(11,12)53-72(78(76)87-14)81(111(100,101)68-35-23-62(5)24-36-68)112(102,103)69-37-25-63(6)26-38-69/h15-38,88-90H,39-56H2,1-12H3. The van der Waals surface area contributed by atoms with Gasteiger partial charge in [0.05, 0.1) is 87.7 Å². The van der Waals surface area contributed by atoms with E-state index in [2.05, 4.69) is 31.7 Å². The van der Waals surface area contributed by atoms with Gasteiger partial charge in [-0.1, -0.05) is 148 Å². The lowest BCUT2D eigenvalue weighted by molar-refractivity contribution is 0.0548. The van der Waals surface area contributed by atoms with Gasteiger partial charge in [-0.05, 0) is 180 Å². The van der Waals surface area contributed by atoms with Crippen molar-refractivity contribution in [3.8, 4) is 6.07 Å². The highest BCUT2D eigenvalue weighted by molar-refractivity contribution is 8.15. The largest absolute Gasteiger partial charge is 0.395 e. The number of nitrogens with one attached hydrogen (secondary N) is 3. The molecule has 0 saturated heterocycles. The molecule has 0 aliphatic heterocycles. The van der Waals surface area contributed by atoms with E-state index in [9.17, 15) is 55.8 Å². The Morgan fingerprint density at radius 2 is 0.571 bits per heavy atom. The maximum Gasteiger partial charge on any atom is 0.218 e. The molecule has 22 nitrogen and oxygen atoms in total. The van der Waals surface area contributed by atoms with Crippen molar-refractivity contribution in [3.05, 3.63) is 265 Å². The molecular weight excluding hydrogens is 1540 g/mol. The summed E-state index contributed by atoms with van der Waals surface area (Å²) >= 11 is 0. The summed E-state index contributed by atoms with van der Waals surface area (Å²) in [5, 5.41) is 20.8. The molecule has 9 rings (SSSR count). The van der Waals surface area contributed by atoms with Gasteiger partial charge in [0.15, 0.2) is 12.7 Å². The Morgan fingerprint density at radius 3 is 0.804 bits per heavy atom. The van der Waals surface area contributed by atoms with Crippen LogP contribution in [0.4, 0.5) is 0 Å². The van der Waals surface area contributed by atoms with Gasteiger partial charge in [0.2, 0.25) is 70.4 Å². The summed E-state index contributed by atoms with van der Waals surface area (Å²) in [6, 6.07) is 37.5. The van der Waals surface area contributed by atoms with Gasteiger partial charge in [0, 0.05) is 61.9 Å². The molecule has 112 heavy (non-hydrogen) atoms. The summed E-state index contributed by atoms with van der Waals surface area (Å²) in [5.41, 5.74) is 2.83. The highest BCUT2D eigenvalue weighted by Gasteiger charge is 2.46. The second-order valence-electron chi connectivity index (χ2n) is 31.1. The number of sulfone groups is 6. The summed E-state index contributed by atoms with van der Waals surface area (Å²) in [5.74, 6) is 0. The molecule has 0 amide bonds. The van der Waals surface area contributed by atoms with E-state index in [-0.39, 0.29) is 161 Å². The first-order chi connectivity index (χ1) is 52.6. The number of benzene rings is 6. The highest BCUT2D eigenvalue weighted by Crippen LogP contribution is 2.50. The maximum atomic E-state index is 14.8. The highest BCUT2D eigenvalue weighted by atomic mass is 32.3. The molecule has 0 bridgehead atoms. The average Bonchev–Trinajstić information content (AvgIpc) is 0.744. The van der Waals surface area contributed by atoms with Crippen LogP contribution >= 0.6 is 0 Å². The van der Waals surface area contributed by atoms with Crippen LogP contribution in [0.1, 0.15) is 113 Å². The Labute approximate surface area is 662 Å². The third kappa shape index (κ3) is 20.6. The maximum absolute atomic E-state index is 14.8. The van der Waals surface area contributed by atoms with Crippen molar-refractivity contribution in [3.63, 3.8) is 0 Å². The minimum atomic E-state index is -4.77. The quantitative estimate of drug-likeness (QED) is 0.0255. The molecular formula is C84H99N7O15S6. The number of nitrogens with zero attached hydrogens (tertiary/aromatic N) is 4. The Kier molecular flexibility index (Phi) is 27.8. The first-order valence-corrected chi connectivity index (χ1v) is 45.6. The molecule has 0 unspecified atom stereocenters. The van der Waals surface area contributed by atoms with E-state index >= 15 is 0 Å². The molecule has 6 aromatic carbocycles. The second-order valence-corrected chi connectivity index (χ2v) is 43.1. The molecule has 0 aromatic heterocycles. The van der Waals surface area contributed by atoms with Crippen LogP contribution in [-0.2, 0) is 73.2 Å². The van der Waals surface area contributed by atoms with E-state index in [1.807, 2.05) is 46.4 Å². The van der Waals surface area contributed by atoms with E-state index in [1.165, 1.54) is 72.8 Å². The summed E-state index contributed by atoms with van der Waals surface area (Å²) < 4.78 is 194. The Morgan fingerprint density at radius 1 is 0.357 bits per heavy atom. The summed E-state index contributed by atoms with van der Waals surface area (Å²) in [7, 11) is -28.6. The first kappa shape index (κ1) is 87.1. The van der Waals surface area contributed by atoms with Crippen LogP contribution < -0.4 is 16.0 Å². The lowest BCUT2D eigenvalue weighted by Gasteiger charge is -2.34. The van der Waals surface area contributed by atoms with Gasteiger partial charge in [-0.15, -0.1) is 0 Å². The second kappa shape index (κ2) is 35.7. The van der Waals surface area contributed by atoms with E-state index < -0.39 is 88.0 Å². The van der Waals surface area contributed by atoms with Crippen LogP contribution in [0.15, 0.2) is 238 Å². The molecule has 0 heterocycles. The van der Waals surface area contributed by atoms with Gasteiger partial charge in [0.25, 0.3) is 0 Å². The van der Waals surface area contributed by atoms with Crippen molar-refractivity contribution < 1.29 is 64.7 Å². The fraction of sp³-hybridized carbons (Fsp3) is 0.393. The van der Waals surface area contributed by atoms with Crippen molar-refractivity contribution in [2.45, 2.75) is 151 Å². The van der Waals surface area contributed by atoms with Crippen molar-refractivity contribution >= 4 is 59.0 Å². The monoisotopic (exact) mass is 1640 g/mol.